The first-order valence-corrected chi connectivity index (χ1v) is 31.7. The molecule has 97 heavy (non-hydrogen) atoms. The van der Waals surface area contributed by atoms with E-state index in [-0.39, 0.29) is 13.0 Å². The third-order valence-electron chi connectivity index (χ3n) is 17.2. The molecule has 5 fully saturated rings. The number of amides is 5. The third kappa shape index (κ3) is 17.6. The van der Waals surface area contributed by atoms with Gasteiger partial charge in [-0.05, 0) is 41.2 Å². The van der Waals surface area contributed by atoms with Crippen LogP contribution in [0.5, 0.6) is 0 Å². The van der Waals surface area contributed by atoms with Crippen LogP contribution in [0.25, 0.3) is 22.3 Å². The highest BCUT2D eigenvalue weighted by molar-refractivity contribution is 7.47. The van der Waals surface area contributed by atoms with Gasteiger partial charge in [0.05, 0.1) is 50.7 Å². The smallest absolute Gasteiger partial charge is 0.474 e. The molecule has 37 nitrogen and oxygen atoms in total. The average Bonchev–Trinajstić information content (AvgIpc) is 0.753. The molecule has 38 heteroatoms. The van der Waals surface area contributed by atoms with E-state index < -0.39 is 228 Å². The van der Waals surface area contributed by atoms with Crippen LogP contribution in [0, 0.1) is 11.8 Å². The molecule has 0 radical (unpaired) electrons. The maximum absolute atomic E-state index is 14.0. The van der Waals surface area contributed by atoms with Gasteiger partial charge in [-0.25, -0.2) is 14.2 Å². The maximum atomic E-state index is 14.0. The van der Waals surface area contributed by atoms with Gasteiger partial charge in [0.25, 0.3) is 0 Å². The number of rotatable bonds is 27. The first-order chi connectivity index (χ1) is 45.6. The minimum absolute atomic E-state index is 0.125. The molecule has 5 aliphatic rings. The van der Waals surface area contributed by atoms with E-state index in [1.54, 1.807) is 12.1 Å². The number of carbonyl (C=O) groups excluding carboxylic acids is 5. The minimum atomic E-state index is -5.85. The summed E-state index contributed by atoms with van der Waals surface area (Å²) < 4.78 is 82.2. The number of nitrogens with one attached hydrogen (secondary N) is 1. The Bertz CT molecular complexity index is 3230. The lowest BCUT2D eigenvalue weighted by Crippen LogP contribution is -2.72. The van der Waals surface area contributed by atoms with Gasteiger partial charge in [0, 0.05) is 12.8 Å². The van der Waals surface area contributed by atoms with Crippen LogP contribution in [0.2, 0.25) is 0 Å². The molecule has 538 valence electrons. The number of aliphatic carboxylic acids is 1. The zero-order chi connectivity index (χ0) is 71.3. The van der Waals surface area contributed by atoms with E-state index >= 15 is 0 Å². The van der Waals surface area contributed by atoms with E-state index in [1.807, 2.05) is 66.7 Å². The second kappa shape index (κ2) is 32.3. The summed E-state index contributed by atoms with van der Waals surface area (Å²) in [5, 5.41) is 134. The lowest BCUT2D eigenvalue weighted by molar-refractivity contribution is -0.365. The predicted octanol–water partition coefficient (Wildman–Crippen LogP) is -6.71. The Morgan fingerprint density at radius 3 is 1.74 bits per heavy atom. The summed E-state index contributed by atoms with van der Waals surface area (Å²) in [4.78, 5) is 88.0. The standard InChI is InChI=1S/C59H80N5O32P/c1-22-43(91-56-42(75)38(71)40(73)46(92-56)51(61)77)32(50(60)76)35(68)39(72)44(22)90-45-30(20-86-55-41(74)37(70)34(67)29(19-65)88-55)89-54(33(36(45)69)64-23(2)66)93-47-48(95-58(63)81)59(3,82)49(52(62)78)94-57(47)96-97(83,84)87-21-31(53(79)80)85-18-17-24-9-11-26(12-10-24)28-15-13-27(14-16-28)25-7-5-4-6-8-25/h4-16,22,29-49,54-57,65,67-75,82H,17-21H2,1-3H3,(H2,60,76)(H2,61,77)(H2,62,78)(H2,63,81)(H,64,66)(H,79,80)(H,83,84)/t22?,29?,30?,31-,32?,33?,34?,35?,36?,37?,38?,39?,40?,41?,42?,43?,44?,45?,46?,47?,48?,49?,54?,55?,56?,57?,59?/m1/s1. The minimum Gasteiger partial charge on any atom is -0.479 e. The number of primary amides is 4. The maximum Gasteiger partial charge on any atom is 0.474 e. The summed E-state index contributed by atoms with van der Waals surface area (Å²) in [5.74, 6) is -10.5. The van der Waals surface area contributed by atoms with Gasteiger partial charge >= 0.3 is 19.9 Å². The SMILES string of the molecule is CC(=O)NC1C(OC2C(OP(=O)(O)OC[C@@H](OCCc3ccc(-c4ccc(-c5ccccc5)cc4)cc3)C(=O)O)OC(C(N)=O)C(C)(O)C2OC(N)=O)OC(COC2OC(CO)C(O)C(O)C2O)C(OC2C(C)C(OC3OC(C(N)=O)C(O)C(O)C3O)C(C(N)=O)C(O)C2O)C1O. The van der Waals surface area contributed by atoms with Gasteiger partial charge in [-0.2, -0.15) is 0 Å². The van der Waals surface area contributed by atoms with Gasteiger partial charge in [-0.3, -0.25) is 28.2 Å². The molecule has 22 N–H and O–H groups in total. The average molecular weight is 1400 g/mol. The Hall–Kier alpha value is -6.41. The second-order valence-corrected chi connectivity index (χ2v) is 25.4. The van der Waals surface area contributed by atoms with Gasteiger partial charge in [0.2, 0.25) is 23.6 Å². The summed E-state index contributed by atoms with van der Waals surface area (Å²) in [7, 11) is -5.85. The van der Waals surface area contributed by atoms with Crippen LogP contribution in [0.3, 0.4) is 0 Å². The molecule has 1 aliphatic carbocycles. The molecule has 0 bridgehead atoms. The molecule has 1 saturated carbocycles. The summed E-state index contributed by atoms with van der Waals surface area (Å²) >= 11 is 0. The van der Waals surface area contributed by atoms with E-state index in [0.717, 1.165) is 36.1 Å². The Morgan fingerprint density at radius 1 is 0.619 bits per heavy atom. The van der Waals surface area contributed by atoms with Crippen LogP contribution >= 0.6 is 7.82 Å². The highest BCUT2D eigenvalue weighted by Gasteiger charge is 2.63. The number of ether oxygens (including phenoxy) is 10. The molecule has 8 rings (SSSR count). The van der Waals surface area contributed by atoms with E-state index in [2.05, 4.69) is 5.32 Å². The second-order valence-electron chi connectivity index (χ2n) is 24.0. The van der Waals surface area contributed by atoms with Crippen molar-refractivity contribution < 1.29 is 156 Å². The fourth-order valence-corrected chi connectivity index (χ4v) is 12.8. The van der Waals surface area contributed by atoms with Crippen molar-refractivity contribution in [2.45, 2.75) is 180 Å². The molecule has 0 aromatic heterocycles. The van der Waals surface area contributed by atoms with Crippen LogP contribution < -0.4 is 28.3 Å². The Morgan fingerprint density at radius 2 is 1.19 bits per heavy atom. The van der Waals surface area contributed by atoms with Gasteiger partial charge in [-0.1, -0.05) is 85.8 Å². The van der Waals surface area contributed by atoms with E-state index in [9.17, 15) is 99.5 Å². The predicted molar refractivity (Wildman–Crippen MR) is 318 cm³/mol. The molecule has 4 saturated heterocycles. The molecule has 3 aromatic rings. The molecular formula is C59H80N5O32P. The van der Waals surface area contributed by atoms with Crippen molar-refractivity contribution >= 4 is 43.5 Å². The van der Waals surface area contributed by atoms with Gasteiger partial charge in [-0.15, -0.1) is 0 Å². The van der Waals surface area contributed by atoms with E-state index in [0.29, 0.717) is 5.56 Å². The number of hydrogen-bond acceptors (Lipinski definition) is 30. The van der Waals surface area contributed by atoms with Crippen molar-refractivity contribution in [3.05, 3.63) is 84.4 Å². The van der Waals surface area contributed by atoms with Crippen molar-refractivity contribution in [1.29, 1.82) is 0 Å². The van der Waals surface area contributed by atoms with Crippen LogP contribution in [0.1, 0.15) is 26.3 Å². The topological polar surface area (TPSA) is 609 Å². The van der Waals surface area contributed by atoms with E-state index in [1.165, 1.54) is 6.92 Å². The fraction of sp³-hybridized carbons (Fsp3) is 0.593. The summed E-state index contributed by atoms with van der Waals surface area (Å²) in [6, 6.07) is 22.7. The number of hydrogen-bond donors (Lipinski definition) is 18. The zero-order valence-electron chi connectivity index (χ0n) is 51.9. The van der Waals surface area contributed by atoms with Crippen molar-refractivity contribution in [3.8, 4) is 22.3 Å². The van der Waals surface area contributed by atoms with Gasteiger partial charge in [0.1, 0.15) is 78.8 Å². The zero-order valence-corrected chi connectivity index (χ0v) is 52.8. The van der Waals surface area contributed by atoms with Crippen LogP contribution in [-0.2, 0) is 91.4 Å². The summed E-state index contributed by atoms with van der Waals surface area (Å²) in [6.45, 7) is -0.766. The molecule has 5 amide bonds. The fourth-order valence-electron chi connectivity index (χ4n) is 12.0. The number of phosphoric ester groups is 1. The number of phosphoric acid groups is 1. The normalized spacial score (nSPS) is 37.8. The van der Waals surface area contributed by atoms with E-state index in [4.69, 9.17) is 79.4 Å². The van der Waals surface area contributed by atoms with Crippen LogP contribution in [0.4, 0.5) is 4.79 Å². The van der Waals surface area contributed by atoms with Gasteiger partial charge < -0.3 is 142 Å². The largest absolute Gasteiger partial charge is 0.479 e. The summed E-state index contributed by atoms with van der Waals surface area (Å²) in [5.41, 5.74) is 23.7. The third-order valence-corrected chi connectivity index (χ3v) is 18.1. The quantitative estimate of drug-likeness (QED) is 0.0316. The molecule has 0 spiro atoms. The van der Waals surface area contributed by atoms with Crippen molar-refractivity contribution in [3.63, 3.8) is 0 Å². The highest BCUT2D eigenvalue weighted by Crippen LogP contribution is 2.49. The molecule has 28 atom stereocenters. The van der Waals surface area contributed by atoms with Crippen molar-refractivity contribution in [2.75, 3.05) is 26.4 Å². The number of benzene rings is 3. The van der Waals surface area contributed by atoms with Crippen LogP contribution in [0.15, 0.2) is 78.9 Å². The molecule has 4 aliphatic heterocycles. The molecule has 3 aromatic carbocycles. The number of carboxylic acids is 1. The van der Waals surface area contributed by atoms with Crippen LogP contribution in [-0.4, -0.2) is 281 Å². The van der Waals surface area contributed by atoms with Crippen molar-refractivity contribution in [1.82, 2.24) is 5.32 Å². The summed E-state index contributed by atoms with van der Waals surface area (Å²) in [6.07, 6.45) is -51.7. The van der Waals surface area contributed by atoms with Gasteiger partial charge in [0.15, 0.2) is 55.7 Å². The number of nitrogens with two attached hydrogens (primary N) is 4. The first-order valence-electron chi connectivity index (χ1n) is 30.2. The number of carboxylic acid groups (broad SMARTS) is 1. The Balaban J connectivity index is 1.06. The number of aliphatic hydroxyl groups is 11. The molecule has 4 heterocycles. The lowest BCUT2D eigenvalue weighted by Gasteiger charge is -2.52. The van der Waals surface area contributed by atoms with Crippen molar-refractivity contribution in [2.24, 2.45) is 34.8 Å². The first kappa shape index (κ1) is 76.3. The molecular weight excluding hydrogens is 1320 g/mol. The Kier molecular flexibility index (Phi) is 25.4. The molecule has 27 unspecified atom stereocenters. The monoisotopic (exact) mass is 1400 g/mol. The number of aliphatic hydroxyl groups excluding tert-OH is 10. The highest BCUT2D eigenvalue weighted by atomic mass is 31.2. The number of carbonyl (C=O) groups is 6. The lowest BCUT2D eigenvalue weighted by atomic mass is 9.73. The Labute approximate surface area is 551 Å².